The van der Waals surface area contributed by atoms with Crippen LogP contribution in [0.5, 0.6) is 5.75 Å². The summed E-state index contributed by atoms with van der Waals surface area (Å²) in [5, 5.41) is 0.641. The number of halogens is 1. The number of ether oxygens (including phenoxy) is 1. The van der Waals surface area contributed by atoms with E-state index in [4.69, 9.17) is 26.3 Å². The minimum atomic E-state index is -0.00951. The average molecular weight is 479 g/mol. The Labute approximate surface area is 206 Å². The molecule has 1 saturated heterocycles. The van der Waals surface area contributed by atoms with Crippen molar-refractivity contribution >= 4 is 23.3 Å². The first kappa shape index (κ1) is 24.0. The van der Waals surface area contributed by atoms with E-state index in [0.29, 0.717) is 29.8 Å². The number of aryl methyl sites for hydroxylation is 1. The first-order chi connectivity index (χ1) is 16.4. The van der Waals surface area contributed by atoms with Crippen molar-refractivity contribution in [2.45, 2.75) is 33.1 Å². The normalized spacial score (nSPS) is 14.3. The summed E-state index contributed by atoms with van der Waals surface area (Å²) in [6.45, 7) is 9.33. The Bertz CT molecular complexity index is 1120. The van der Waals surface area contributed by atoms with E-state index in [1.165, 1.54) is 5.56 Å². The smallest absolute Gasteiger partial charge is 0.260 e. The SMILES string of the molecule is Cc1nc(-c2ccccc2)nc(N2CCCN(C(=O)COc3ccc(Cl)cc3)CC2)c1C(C)C. The third kappa shape index (κ3) is 5.68. The maximum absolute atomic E-state index is 12.8. The second-order valence-corrected chi connectivity index (χ2v) is 9.29. The summed E-state index contributed by atoms with van der Waals surface area (Å²) in [5.41, 5.74) is 3.19. The molecule has 3 aromatic rings. The molecule has 7 heteroatoms. The average Bonchev–Trinajstić information content (AvgIpc) is 3.10. The number of amides is 1. The van der Waals surface area contributed by atoms with Gasteiger partial charge in [0, 0.05) is 48.0 Å². The van der Waals surface area contributed by atoms with Crippen molar-refractivity contribution in [3.8, 4) is 17.1 Å². The van der Waals surface area contributed by atoms with Crippen molar-refractivity contribution in [1.29, 1.82) is 0 Å². The summed E-state index contributed by atoms with van der Waals surface area (Å²) in [4.78, 5) is 26.9. The van der Waals surface area contributed by atoms with Gasteiger partial charge in [-0.25, -0.2) is 9.97 Å². The Morgan fingerprint density at radius 2 is 1.74 bits per heavy atom. The number of rotatable bonds is 6. The van der Waals surface area contributed by atoms with Crippen molar-refractivity contribution in [2.24, 2.45) is 0 Å². The van der Waals surface area contributed by atoms with Crippen LogP contribution < -0.4 is 9.64 Å². The summed E-state index contributed by atoms with van der Waals surface area (Å²) in [6, 6.07) is 17.1. The fraction of sp³-hybridized carbons (Fsp3) is 0.370. The van der Waals surface area contributed by atoms with Crippen LogP contribution in [0.3, 0.4) is 0 Å². The Kier molecular flexibility index (Phi) is 7.68. The van der Waals surface area contributed by atoms with Crippen LogP contribution in [-0.4, -0.2) is 53.6 Å². The van der Waals surface area contributed by atoms with E-state index in [9.17, 15) is 4.79 Å². The number of carbonyl (C=O) groups excluding carboxylic acids is 1. The first-order valence-corrected chi connectivity index (χ1v) is 12.1. The van der Waals surface area contributed by atoms with Gasteiger partial charge >= 0.3 is 0 Å². The van der Waals surface area contributed by atoms with Crippen molar-refractivity contribution < 1.29 is 9.53 Å². The molecule has 2 aromatic carbocycles. The lowest BCUT2D eigenvalue weighted by molar-refractivity contribution is -0.133. The lowest BCUT2D eigenvalue weighted by Gasteiger charge is -2.27. The van der Waals surface area contributed by atoms with E-state index in [1.807, 2.05) is 35.2 Å². The lowest BCUT2D eigenvalue weighted by atomic mass is 10.0. The highest BCUT2D eigenvalue weighted by atomic mass is 35.5. The Hall–Kier alpha value is -3.12. The molecule has 6 nitrogen and oxygen atoms in total. The molecule has 1 fully saturated rings. The summed E-state index contributed by atoms with van der Waals surface area (Å²) >= 11 is 5.92. The molecule has 0 atom stereocenters. The van der Waals surface area contributed by atoms with Crippen molar-refractivity contribution in [1.82, 2.24) is 14.9 Å². The van der Waals surface area contributed by atoms with Gasteiger partial charge in [0.2, 0.25) is 0 Å². The minimum absolute atomic E-state index is 0.00951. The zero-order valence-electron chi connectivity index (χ0n) is 20.0. The standard InChI is InChI=1S/C27H31ClN4O2/c1-19(2)25-20(3)29-26(21-8-5-4-6-9-21)30-27(25)32-15-7-14-31(16-17-32)24(33)18-34-23-12-10-22(28)11-13-23/h4-6,8-13,19H,7,14-18H2,1-3H3. The van der Waals surface area contributed by atoms with Gasteiger partial charge in [-0.15, -0.1) is 0 Å². The first-order valence-electron chi connectivity index (χ1n) is 11.8. The molecule has 0 radical (unpaired) electrons. The van der Waals surface area contributed by atoms with Gasteiger partial charge in [0.1, 0.15) is 11.6 Å². The molecule has 4 rings (SSSR count). The molecule has 34 heavy (non-hydrogen) atoms. The Balaban J connectivity index is 1.49. The van der Waals surface area contributed by atoms with Gasteiger partial charge in [-0.1, -0.05) is 55.8 Å². The molecule has 0 saturated carbocycles. The van der Waals surface area contributed by atoms with E-state index >= 15 is 0 Å². The van der Waals surface area contributed by atoms with Crippen LogP contribution in [0.25, 0.3) is 11.4 Å². The molecule has 0 N–H and O–H groups in total. The van der Waals surface area contributed by atoms with Gasteiger partial charge in [0.15, 0.2) is 12.4 Å². The molecule has 1 aromatic heterocycles. The van der Waals surface area contributed by atoms with Crippen LogP contribution >= 0.6 is 11.6 Å². The van der Waals surface area contributed by atoms with Gasteiger partial charge in [0.25, 0.3) is 5.91 Å². The van der Waals surface area contributed by atoms with Crippen LogP contribution in [0.15, 0.2) is 54.6 Å². The molecular formula is C27H31ClN4O2. The van der Waals surface area contributed by atoms with Crippen LogP contribution in [0.4, 0.5) is 5.82 Å². The molecule has 1 aliphatic rings. The Morgan fingerprint density at radius 1 is 1.00 bits per heavy atom. The molecule has 0 aliphatic carbocycles. The summed E-state index contributed by atoms with van der Waals surface area (Å²) in [6.07, 6.45) is 0.869. The number of benzene rings is 2. The zero-order valence-corrected chi connectivity index (χ0v) is 20.8. The minimum Gasteiger partial charge on any atom is -0.484 e. The van der Waals surface area contributed by atoms with Crippen molar-refractivity contribution in [3.63, 3.8) is 0 Å². The number of hydrogen-bond donors (Lipinski definition) is 0. The van der Waals surface area contributed by atoms with E-state index in [1.54, 1.807) is 24.3 Å². The summed E-state index contributed by atoms with van der Waals surface area (Å²) in [7, 11) is 0. The van der Waals surface area contributed by atoms with Gasteiger partial charge in [0.05, 0.1) is 0 Å². The molecule has 0 bridgehead atoms. The van der Waals surface area contributed by atoms with Crippen molar-refractivity contribution in [2.75, 3.05) is 37.7 Å². The van der Waals surface area contributed by atoms with E-state index < -0.39 is 0 Å². The number of aromatic nitrogens is 2. The highest BCUT2D eigenvalue weighted by Gasteiger charge is 2.24. The maximum Gasteiger partial charge on any atom is 0.260 e. The topological polar surface area (TPSA) is 58.6 Å². The van der Waals surface area contributed by atoms with Gasteiger partial charge in [-0.2, -0.15) is 0 Å². The molecule has 0 spiro atoms. The lowest BCUT2D eigenvalue weighted by Crippen LogP contribution is -2.38. The third-order valence-corrected chi connectivity index (χ3v) is 6.30. The van der Waals surface area contributed by atoms with Crippen LogP contribution in [0.2, 0.25) is 5.02 Å². The third-order valence-electron chi connectivity index (χ3n) is 6.05. The second kappa shape index (κ2) is 10.9. The largest absolute Gasteiger partial charge is 0.484 e. The van der Waals surface area contributed by atoms with Crippen LogP contribution in [0, 0.1) is 6.92 Å². The summed E-state index contributed by atoms with van der Waals surface area (Å²) < 4.78 is 5.68. The highest BCUT2D eigenvalue weighted by Crippen LogP contribution is 2.31. The van der Waals surface area contributed by atoms with Crippen LogP contribution in [0.1, 0.15) is 37.4 Å². The zero-order chi connectivity index (χ0) is 24.1. The van der Waals surface area contributed by atoms with Gasteiger partial charge in [-0.3, -0.25) is 4.79 Å². The van der Waals surface area contributed by atoms with E-state index in [0.717, 1.165) is 42.4 Å². The van der Waals surface area contributed by atoms with Crippen molar-refractivity contribution in [3.05, 3.63) is 70.9 Å². The van der Waals surface area contributed by atoms with E-state index in [2.05, 4.69) is 25.7 Å². The van der Waals surface area contributed by atoms with Gasteiger partial charge in [-0.05, 0) is 43.5 Å². The van der Waals surface area contributed by atoms with Crippen LogP contribution in [-0.2, 0) is 4.79 Å². The second-order valence-electron chi connectivity index (χ2n) is 8.85. The number of nitrogens with zero attached hydrogens (tertiary/aromatic N) is 4. The number of carbonyl (C=O) groups is 1. The molecule has 1 aliphatic heterocycles. The monoisotopic (exact) mass is 478 g/mol. The number of anilines is 1. The van der Waals surface area contributed by atoms with Gasteiger partial charge < -0.3 is 14.5 Å². The predicted molar refractivity (Wildman–Crippen MR) is 137 cm³/mol. The quantitative estimate of drug-likeness (QED) is 0.478. The summed E-state index contributed by atoms with van der Waals surface area (Å²) in [5.74, 6) is 2.65. The predicted octanol–water partition coefficient (Wildman–Crippen LogP) is 5.35. The molecule has 2 heterocycles. The molecular weight excluding hydrogens is 448 g/mol. The fourth-order valence-electron chi connectivity index (χ4n) is 4.35. The molecule has 1 amide bonds. The maximum atomic E-state index is 12.8. The fourth-order valence-corrected chi connectivity index (χ4v) is 4.47. The Morgan fingerprint density at radius 3 is 2.44 bits per heavy atom. The molecule has 178 valence electrons. The highest BCUT2D eigenvalue weighted by molar-refractivity contribution is 6.30. The van der Waals surface area contributed by atoms with E-state index in [-0.39, 0.29) is 12.5 Å². The number of hydrogen-bond acceptors (Lipinski definition) is 5. The molecule has 0 unspecified atom stereocenters.